The highest BCUT2D eigenvalue weighted by Crippen LogP contribution is 2.26. The first-order valence-corrected chi connectivity index (χ1v) is 6.49. The zero-order chi connectivity index (χ0) is 13.8. The maximum atomic E-state index is 11.2. The molecule has 2 aromatic carbocycles. The van der Waals surface area contributed by atoms with E-state index in [1.165, 1.54) is 0 Å². The van der Waals surface area contributed by atoms with Crippen LogP contribution in [0.25, 0.3) is 10.8 Å². The summed E-state index contributed by atoms with van der Waals surface area (Å²) in [6, 6.07) is 9.29. The molecule has 100 valence electrons. The SMILES string of the molecule is CCCCc1cc(C(=O)O)cc2cc(OC)ccc12. The van der Waals surface area contributed by atoms with E-state index in [1.807, 2.05) is 18.2 Å². The van der Waals surface area contributed by atoms with Crippen LogP contribution in [0, 0.1) is 0 Å². The number of carbonyl (C=O) groups is 1. The summed E-state index contributed by atoms with van der Waals surface area (Å²) in [6.07, 6.45) is 3.06. The van der Waals surface area contributed by atoms with E-state index in [9.17, 15) is 9.90 Å². The van der Waals surface area contributed by atoms with Gasteiger partial charge in [0.25, 0.3) is 0 Å². The molecule has 3 nitrogen and oxygen atoms in total. The highest BCUT2D eigenvalue weighted by atomic mass is 16.5. The standard InChI is InChI=1S/C16H18O3/c1-3-4-5-11-8-13(16(17)18)9-12-10-14(19-2)6-7-15(11)12/h6-10H,3-5H2,1-2H3,(H,17,18). The number of carboxylic acids is 1. The molecule has 0 spiro atoms. The van der Waals surface area contributed by atoms with Crippen molar-refractivity contribution in [3.8, 4) is 5.75 Å². The summed E-state index contributed by atoms with van der Waals surface area (Å²) in [7, 11) is 1.61. The lowest BCUT2D eigenvalue weighted by Gasteiger charge is -2.09. The highest BCUT2D eigenvalue weighted by Gasteiger charge is 2.09. The van der Waals surface area contributed by atoms with Crippen molar-refractivity contribution in [2.24, 2.45) is 0 Å². The second kappa shape index (κ2) is 5.74. The number of hydrogen-bond acceptors (Lipinski definition) is 2. The lowest BCUT2D eigenvalue weighted by atomic mass is 9.97. The van der Waals surface area contributed by atoms with Gasteiger partial charge in [-0.15, -0.1) is 0 Å². The van der Waals surface area contributed by atoms with Crippen molar-refractivity contribution in [3.05, 3.63) is 41.5 Å². The van der Waals surface area contributed by atoms with Gasteiger partial charge in [-0.2, -0.15) is 0 Å². The van der Waals surface area contributed by atoms with E-state index in [0.29, 0.717) is 5.56 Å². The van der Waals surface area contributed by atoms with Crippen molar-refractivity contribution in [2.45, 2.75) is 26.2 Å². The van der Waals surface area contributed by atoms with Gasteiger partial charge < -0.3 is 9.84 Å². The number of fused-ring (bicyclic) bond motifs is 1. The number of aromatic carboxylic acids is 1. The summed E-state index contributed by atoms with van der Waals surface area (Å²) in [5.74, 6) is -0.140. The van der Waals surface area contributed by atoms with Gasteiger partial charge in [0.15, 0.2) is 0 Å². The van der Waals surface area contributed by atoms with E-state index in [0.717, 1.165) is 41.3 Å². The number of carboxylic acid groups (broad SMARTS) is 1. The van der Waals surface area contributed by atoms with E-state index in [2.05, 4.69) is 6.92 Å². The fourth-order valence-corrected chi connectivity index (χ4v) is 2.25. The maximum Gasteiger partial charge on any atom is 0.335 e. The zero-order valence-corrected chi connectivity index (χ0v) is 11.3. The fourth-order valence-electron chi connectivity index (χ4n) is 2.25. The molecule has 19 heavy (non-hydrogen) atoms. The second-order valence-corrected chi connectivity index (χ2v) is 4.63. The number of unbranched alkanes of at least 4 members (excludes halogenated alkanes) is 1. The van der Waals surface area contributed by atoms with Gasteiger partial charge in [-0.1, -0.05) is 19.4 Å². The summed E-state index contributed by atoms with van der Waals surface area (Å²) in [4.78, 5) is 11.2. The molecule has 2 aromatic rings. The fraction of sp³-hybridized carbons (Fsp3) is 0.312. The van der Waals surface area contributed by atoms with Crippen molar-refractivity contribution in [2.75, 3.05) is 7.11 Å². The first-order chi connectivity index (χ1) is 9.15. The largest absolute Gasteiger partial charge is 0.497 e. The Labute approximate surface area is 112 Å². The molecule has 0 radical (unpaired) electrons. The summed E-state index contributed by atoms with van der Waals surface area (Å²) in [6.45, 7) is 2.13. The van der Waals surface area contributed by atoms with E-state index < -0.39 is 5.97 Å². The second-order valence-electron chi connectivity index (χ2n) is 4.63. The molecule has 0 unspecified atom stereocenters. The zero-order valence-electron chi connectivity index (χ0n) is 11.3. The monoisotopic (exact) mass is 258 g/mol. The van der Waals surface area contributed by atoms with E-state index in [-0.39, 0.29) is 0 Å². The van der Waals surface area contributed by atoms with Gasteiger partial charge in [0.05, 0.1) is 12.7 Å². The summed E-state index contributed by atoms with van der Waals surface area (Å²) in [5.41, 5.74) is 1.44. The van der Waals surface area contributed by atoms with Gasteiger partial charge in [-0.25, -0.2) is 4.79 Å². The lowest BCUT2D eigenvalue weighted by Crippen LogP contribution is -1.99. The van der Waals surface area contributed by atoms with Crippen LogP contribution in [0.3, 0.4) is 0 Å². The molecule has 0 saturated carbocycles. The molecule has 0 saturated heterocycles. The third-order valence-electron chi connectivity index (χ3n) is 3.29. The number of methoxy groups -OCH3 is 1. The minimum atomic E-state index is -0.887. The third-order valence-corrected chi connectivity index (χ3v) is 3.29. The molecule has 0 aliphatic rings. The molecule has 0 aliphatic heterocycles. The maximum absolute atomic E-state index is 11.2. The summed E-state index contributed by atoms with van der Waals surface area (Å²) in [5, 5.41) is 11.2. The van der Waals surface area contributed by atoms with Gasteiger partial charge in [-0.3, -0.25) is 0 Å². The Hall–Kier alpha value is -2.03. The molecule has 3 heteroatoms. The van der Waals surface area contributed by atoms with Crippen molar-refractivity contribution in [1.82, 2.24) is 0 Å². The number of hydrogen-bond donors (Lipinski definition) is 1. The van der Waals surface area contributed by atoms with Crippen molar-refractivity contribution >= 4 is 16.7 Å². The van der Waals surface area contributed by atoms with Crippen molar-refractivity contribution < 1.29 is 14.6 Å². The number of aryl methyl sites for hydroxylation is 1. The van der Waals surface area contributed by atoms with E-state index in [1.54, 1.807) is 19.2 Å². The van der Waals surface area contributed by atoms with Gasteiger partial charge in [-0.05, 0) is 53.4 Å². The average Bonchev–Trinajstić information content (AvgIpc) is 2.43. The smallest absolute Gasteiger partial charge is 0.335 e. The van der Waals surface area contributed by atoms with Crippen LogP contribution in [0.1, 0.15) is 35.7 Å². The number of rotatable bonds is 5. The van der Waals surface area contributed by atoms with E-state index in [4.69, 9.17) is 4.74 Å². The summed E-state index contributed by atoms with van der Waals surface area (Å²) < 4.78 is 5.20. The topological polar surface area (TPSA) is 46.5 Å². The molecule has 0 fully saturated rings. The van der Waals surface area contributed by atoms with Gasteiger partial charge in [0, 0.05) is 0 Å². The van der Waals surface area contributed by atoms with Crippen LogP contribution in [0.15, 0.2) is 30.3 Å². The Bertz CT molecular complexity index is 602. The van der Waals surface area contributed by atoms with Crippen LogP contribution in [-0.2, 0) is 6.42 Å². The molecule has 0 bridgehead atoms. The molecular weight excluding hydrogens is 240 g/mol. The molecule has 0 heterocycles. The van der Waals surface area contributed by atoms with Crippen LogP contribution in [0.5, 0.6) is 5.75 Å². The highest BCUT2D eigenvalue weighted by molar-refractivity contribution is 5.96. The lowest BCUT2D eigenvalue weighted by molar-refractivity contribution is 0.0697. The van der Waals surface area contributed by atoms with Crippen molar-refractivity contribution in [1.29, 1.82) is 0 Å². The van der Waals surface area contributed by atoms with Gasteiger partial charge >= 0.3 is 5.97 Å². The van der Waals surface area contributed by atoms with Crippen LogP contribution in [-0.4, -0.2) is 18.2 Å². The third kappa shape index (κ3) is 2.87. The molecule has 0 amide bonds. The average molecular weight is 258 g/mol. The Morgan fingerprint density at radius 3 is 2.68 bits per heavy atom. The number of benzene rings is 2. The first-order valence-electron chi connectivity index (χ1n) is 6.49. The van der Waals surface area contributed by atoms with Crippen LogP contribution >= 0.6 is 0 Å². The van der Waals surface area contributed by atoms with Crippen LogP contribution < -0.4 is 4.74 Å². The van der Waals surface area contributed by atoms with Crippen LogP contribution in [0.4, 0.5) is 0 Å². The predicted octanol–water partition coefficient (Wildman–Crippen LogP) is 3.89. The molecule has 0 aromatic heterocycles. The predicted molar refractivity (Wildman–Crippen MR) is 76.1 cm³/mol. The molecule has 1 N–H and O–H groups in total. The first kappa shape index (κ1) is 13.4. The Kier molecular flexibility index (Phi) is 4.05. The minimum absolute atomic E-state index is 0.340. The van der Waals surface area contributed by atoms with Crippen molar-refractivity contribution in [3.63, 3.8) is 0 Å². The normalized spacial score (nSPS) is 10.6. The number of ether oxygens (including phenoxy) is 1. The Morgan fingerprint density at radius 2 is 2.05 bits per heavy atom. The Balaban J connectivity index is 2.59. The Morgan fingerprint density at radius 1 is 1.26 bits per heavy atom. The quantitative estimate of drug-likeness (QED) is 0.885. The molecule has 0 atom stereocenters. The molecule has 0 aliphatic carbocycles. The molecule has 2 rings (SSSR count). The van der Waals surface area contributed by atoms with Gasteiger partial charge in [0.2, 0.25) is 0 Å². The van der Waals surface area contributed by atoms with Gasteiger partial charge in [0.1, 0.15) is 5.75 Å². The van der Waals surface area contributed by atoms with Crippen LogP contribution in [0.2, 0.25) is 0 Å². The van der Waals surface area contributed by atoms with E-state index >= 15 is 0 Å². The molecular formula is C16H18O3. The summed E-state index contributed by atoms with van der Waals surface area (Å²) >= 11 is 0. The minimum Gasteiger partial charge on any atom is -0.497 e.